The number of rotatable bonds is 9. The molecule has 3 rings (SSSR count). The fourth-order valence-corrected chi connectivity index (χ4v) is 4.47. The maximum Gasteiger partial charge on any atom is 0.266 e. The van der Waals surface area contributed by atoms with Gasteiger partial charge in [0.1, 0.15) is 16.7 Å². The summed E-state index contributed by atoms with van der Waals surface area (Å²) < 4.78 is 30.5. The van der Waals surface area contributed by atoms with Gasteiger partial charge in [-0.05, 0) is 48.4 Å². The largest absolute Gasteiger partial charge is 0.490 e. The summed E-state index contributed by atoms with van der Waals surface area (Å²) in [6.07, 6.45) is 1.72. The van der Waals surface area contributed by atoms with E-state index in [1.165, 1.54) is 28.8 Å². The number of amides is 1. The molecule has 1 aliphatic rings. The normalized spacial score (nSPS) is 15.1. The van der Waals surface area contributed by atoms with Gasteiger partial charge in [0.05, 0.1) is 29.7 Å². The molecule has 0 spiro atoms. The molecular weight excluding hydrogens is 461 g/mol. The molecule has 9 heteroatoms. The number of carbonyl (C=O) groups is 1. The third-order valence-electron chi connectivity index (χ3n) is 4.29. The Hall–Kier alpha value is -2.13. The van der Waals surface area contributed by atoms with Gasteiger partial charge in [0, 0.05) is 7.11 Å². The van der Waals surface area contributed by atoms with Crippen molar-refractivity contribution in [2.45, 2.75) is 13.5 Å². The minimum atomic E-state index is -0.338. The van der Waals surface area contributed by atoms with Crippen molar-refractivity contribution in [2.24, 2.45) is 0 Å². The summed E-state index contributed by atoms with van der Waals surface area (Å²) in [6, 6.07) is 9.58. The number of ether oxygens (including phenoxy) is 3. The molecule has 164 valence electrons. The van der Waals surface area contributed by atoms with Crippen molar-refractivity contribution in [2.75, 3.05) is 26.9 Å². The molecular formula is C22H21ClFNO4S2. The number of thioether (sulfide) groups is 1. The van der Waals surface area contributed by atoms with E-state index < -0.39 is 0 Å². The topological polar surface area (TPSA) is 48.0 Å². The van der Waals surface area contributed by atoms with E-state index in [4.69, 9.17) is 38.0 Å². The van der Waals surface area contributed by atoms with E-state index in [9.17, 15) is 9.18 Å². The summed E-state index contributed by atoms with van der Waals surface area (Å²) in [7, 11) is 1.57. The van der Waals surface area contributed by atoms with Crippen LogP contribution in [0.2, 0.25) is 5.02 Å². The molecule has 2 aromatic rings. The molecule has 1 heterocycles. The van der Waals surface area contributed by atoms with E-state index >= 15 is 0 Å². The van der Waals surface area contributed by atoms with Crippen molar-refractivity contribution >= 4 is 51.9 Å². The Morgan fingerprint density at radius 2 is 2.06 bits per heavy atom. The van der Waals surface area contributed by atoms with Crippen molar-refractivity contribution in [1.29, 1.82) is 0 Å². The first-order valence-electron chi connectivity index (χ1n) is 9.50. The van der Waals surface area contributed by atoms with Gasteiger partial charge in [-0.1, -0.05) is 47.7 Å². The van der Waals surface area contributed by atoms with Crippen LogP contribution in [0.4, 0.5) is 4.39 Å². The number of carbonyl (C=O) groups excluding carboxylic acids is 1. The Bertz CT molecular complexity index is 1020. The summed E-state index contributed by atoms with van der Waals surface area (Å²) >= 11 is 13.0. The average Bonchev–Trinajstić information content (AvgIpc) is 2.98. The van der Waals surface area contributed by atoms with E-state index in [2.05, 4.69) is 0 Å². The zero-order valence-electron chi connectivity index (χ0n) is 17.0. The lowest BCUT2D eigenvalue weighted by atomic mass is 10.1. The zero-order chi connectivity index (χ0) is 22.4. The predicted molar refractivity (Wildman–Crippen MR) is 125 cm³/mol. The fourth-order valence-electron chi connectivity index (χ4n) is 2.88. The highest BCUT2D eigenvalue weighted by atomic mass is 35.5. The minimum Gasteiger partial charge on any atom is -0.490 e. The zero-order valence-corrected chi connectivity index (χ0v) is 19.4. The molecule has 1 saturated heterocycles. The van der Waals surface area contributed by atoms with Crippen LogP contribution in [-0.4, -0.2) is 42.0 Å². The van der Waals surface area contributed by atoms with Crippen LogP contribution in [0, 0.1) is 5.82 Å². The highest BCUT2D eigenvalue weighted by Gasteiger charge is 2.31. The van der Waals surface area contributed by atoms with Crippen LogP contribution in [0.3, 0.4) is 0 Å². The highest BCUT2D eigenvalue weighted by molar-refractivity contribution is 8.26. The molecule has 1 fully saturated rings. The lowest BCUT2D eigenvalue weighted by Crippen LogP contribution is -2.31. The van der Waals surface area contributed by atoms with Gasteiger partial charge in [-0.15, -0.1) is 0 Å². The van der Waals surface area contributed by atoms with Crippen LogP contribution in [-0.2, 0) is 16.1 Å². The monoisotopic (exact) mass is 481 g/mol. The number of nitrogens with zero attached hydrogens (tertiary/aromatic N) is 1. The van der Waals surface area contributed by atoms with Gasteiger partial charge in [0.2, 0.25) is 0 Å². The molecule has 0 N–H and O–H groups in total. The Kier molecular flexibility index (Phi) is 8.31. The summed E-state index contributed by atoms with van der Waals surface area (Å²) in [4.78, 5) is 14.7. The van der Waals surface area contributed by atoms with Crippen molar-refractivity contribution in [1.82, 2.24) is 4.90 Å². The van der Waals surface area contributed by atoms with Crippen molar-refractivity contribution in [3.8, 4) is 11.5 Å². The van der Waals surface area contributed by atoms with Crippen LogP contribution in [0.5, 0.6) is 11.5 Å². The quantitative estimate of drug-likeness (QED) is 0.357. The van der Waals surface area contributed by atoms with Gasteiger partial charge < -0.3 is 14.2 Å². The maximum atomic E-state index is 13.4. The van der Waals surface area contributed by atoms with Crippen LogP contribution in [0.25, 0.3) is 6.08 Å². The molecule has 1 aliphatic heterocycles. The number of benzene rings is 2. The molecule has 0 radical (unpaired) electrons. The average molecular weight is 482 g/mol. The Labute approximate surface area is 195 Å². The Balaban J connectivity index is 1.83. The summed E-state index contributed by atoms with van der Waals surface area (Å²) in [5, 5.41) is 0.323. The third kappa shape index (κ3) is 5.98. The molecule has 1 amide bonds. The summed E-state index contributed by atoms with van der Waals surface area (Å²) in [6.45, 7) is 3.18. The second-order valence-electron chi connectivity index (χ2n) is 6.51. The van der Waals surface area contributed by atoms with Gasteiger partial charge in [0.15, 0.2) is 11.5 Å². The molecule has 0 aliphatic carbocycles. The van der Waals surface area contributed by atoms with Crippen LogP contribution in [0.15, 0.2) is 41.3 Å². The minimum absolute atomic E-state index is 0.134. The molecule has 0 aromatic heterocycles. The molecule has 0 saturated carbocycles. The lowest BCUT2D eigenvalue weighted by molar-refractivity contribution is -0.122. The number of hydrogen-bond donors (Lipinski definition) is 0. The molecule has 0 bridgehead atoms. The van der Waals surface area contributed by atoms with E-state index in [-0.39, 0.29) is 18.3 Å². The highest BCUT2D eigenvalue weighted by Crippen LogP contribution is 2.39. The van der Waals surface area contributed by atoms with E-state index in [0.29, 0.717) is 56.6 Å². The smallest absolute Gasteiger partial charge is 0.266 e. The van der Waals surface area contributed by atoms with Crippen molar-refractivity contribution in [3.63, 3.8) is 0 Å². The summed E-state index contributed by atoms with van der Waals surface area (Å²) in [5.74, 6) is 0.285. The molecule has 31 heavy (non-hydrogen) atoms. The Morgan fingerprint density at radius 3 is 2.77 bits per heavy atom. The third-order valence-corrected chi connectivity index (χ3v) is 5.95. The predicted octanol–water partition coefficient (Wildman–Crippen LogP) is 5.30. The standard InChI is InChI=1S/C22H21ClFNO4S2/c1-3-28-18-11-15(12-19-21(26)25(7-8-27-2)22(30)31-19)10-17(23)20(18)29-13-14-5-4-6-16(24)9-14/h4-6,9-12H,3,7-8,13H2,1-2H3/b19-12+. The molecule has 0 atom stereocenters. The van der Waals surface area contributed by atoms with Gasteiger partial charge in [-0.2, -0.15) is 0 Å². The van der Waals surface area contributed by atoms with E-state index in [1.54, 1.807) is 37.5 Å². The second kappa shape index (κ2) is 10.9. The van der Waals surface area contributed by atoms with Crippen molar-refractivity contribution in [3.05, 3.63) is 63.3 Å². The molecule has 5 nitrogen and oxygen atoms in total. The molecule has 0 unspecified atom stereocenters. The SMILES string of the molecule is CCOc1cc(/C=C2/SC(=S)N(CCOC)C2=O)cc(Cl)c1OCc1cccc(F)c1. The molecule has 2 aromatic carbocycles. The fraction of sp³-hybridized carbons (Fsp3) is 0.273. The van der Waals surface area contributed by atoms with E-state index in [1.807, 2.05) is 6.92 Å². The first-order valence-corrected chi connectivity index (χ1v) is 11.1. The van der Waals surface area contributed by atoms with Crippen LogP contribution >= 0.6 is 35.6 Å². The number of thiocarbonyl (C=S) groups is 1. The maximum absolute atomic E-state index is 13.4. The number of halogens is 2. The second-order valence-corrected chi connectivity index (χ2v) is 8.59. The number of hydrogen-bond acceptors (Lipinski definition) is 6. The van der Waals surface area contributed by atoms with Gasteiger partial charge >= 0.3 is 0 Å². The van der Waals surface area contributed by atoms with Gasteiger partial charge in [-0.3, -0.25) is 9.69 Å². The van der Waals surface area contributed by atoms with Crippen molar-refractivity contribution < 1.29 is 23.4 Å². The van der Waals surface area contributed by atoms with Gasteiger partial charge in [0.25, 0.3) is 5.91 Å². The van der Waals surface area contributed by atoms with E-state index in [0.717, 1.165) is 0 Å². The van der Waals surface area contributed by atoms with Crippen LogP contribution < -0.4 is 9.47 Å². The Morgan fingerprint density at radius 1 is 1.26 bits per heavy atom. The number of methoxy groups -OCH3 is 1. The first-order chi connectivity index (χ1) is 14.9. The van der Waals surface area contributed by atoms with Crippen LogP contribution in [0.1, 0.15) is 18.1 Å². The van der Waals surface area contributed by atoms with Gasteiger partial charge in [-0.25, -0.2) is 4.39 Å². The first kappa shape index (κ1) is 23.5. The lowest BCUT2D eigenvalue weighted by Gasteiger charge is -2.15. The summed E-state index contributed by atoms with van der Waals surface area (Å²) in [5.41, 5.74) is 1.35.